The van der Waals surface area contributed by atoms with Crippen LogP contribution in [-0.4, -0.2) is 0 Å². The molecule has 1 fully saturated rings. The maximum absolute atomic E-state index is 8.76. The summed E-state index contributed by atoms with van der Waals surface area (Å²) in [4.78, 5) is 0. The van der Waals surface area contributed by atoms with E-state index in [9.17, 15) is 0 Å². The molecule has 450 valence electrons. The number of hydrogen-bond acceptors (Lipinski definition) is 0. The number of benzene rings is 5. The second-order valence-electron chi connectivity index (χ2n) is 23.0. The Hall–Kier alpha value is -8.15. The zero-order chi connectivity index (χ0) is 82.0. The van der Waals surface area contributed by atoms with Gasteiger partial charge >= 0.3 is 0 Å². The minimum absolute atomic E-state index is 0.0696. The maximum atomic E-state index is 8.76. The van der Waals surface area contributed by atoms with Crippen LogP contribution in [0.25, 0.3) is 56.3 Å². The number of pyridine rings is 5. The summed E-state index contributed by atoms with van der Waals surface area (Å²) in [6.45, 7) is 2.23. The van der Waals surface area contributed by atoms with Crippen LogP contribution in [0.4, 0.5) is 0 Å². The molecule has 5 aromatic carbocycles. The van der Waals surface area contributed by atoms with Crippen molar-refractivity contribution in [1.29, 1.82) is 0 Å². The Kier molecular flexibility index (Phi) is 14.2. The average Bonchev–Trinajstić information content (AvgIpc) is 0.952. The van der Waals surface area contributed by atoms with E-state index in [4.69, 9.17) is 30.2 Å². The monoisotopic (exact) mass is 1180 g/mol. The van der Waals surface area contributed by atoms with Gasteiger partial charge in [-0.2, -0.15) is 18.3 Å². The van der Waals surface area contributed by atoms with Crippen LogP contribution >= 0.6 is 0 Å². The van der Waals surface area contributed by atoms with Gasteiger partial charge in [-0.1, -0.05) is 104 Å². The molecule has 0 saturated heterocycles. The Balaban J connectivity index is 0.000000190. The van der Waals surface area contributed by atoms with Gasteiger partial charge < -0.3 is 0 Å². The molecule has 5 nitrogen and oxygen atoms in total. The number of aromatic nitrogens is 5. The van der Waals surface area contributed by atoms with E-state index in [0.717, 1.165) is 79.9 Å². The van der Waals surface area contributed by atoms with Crippen molar-refractivity contribution < 1.29 is 53.0 Å². The molecule has 0 aliphatic heterocycles. The van der Waals surface area contributed by atoms with Crippen LogP contribution in [-0.2, 0) is 35.2 Å². The molecule has 1 aliphatic carbocycles. The van der Waals surface area contributed by atoms with Crippen molar-refractivity contribution in [2.45, 2.75) is 149 Å². The third-order valence-corrected chi connectivity index (χ3v) is 16.8. The highest BCUT2D eigenvalue weighted by atomic mass is 15.0. The van der Waals surface area contributed by atoms with E-state index in [1.54, 1.807) is 57.8 Å². The van der Waals surface area contributed by atoms with Crippen molar-refractivity contribution in [2.75, 3.05) is 0 Å². The molecular weight excluding hydrogens is 1050 g/mol. The van der Waals surface area contributed by atoms with Crippen LogP contribution in [0, 0.1) is 117 Å². The van der Waals surface area contributed by atoms with Gasteiger partial charge in [-0.15, -0.1) is 0 Å². The zero-order valence-electron chi connectivity index (χ0n) is 75.7. The molecule has 0 atom stereocenters. The van der Waals surface area contributed by atoms with Crippen molar-refractivity contribution in [3.8, 4) is 56.3 Å². The Morgan fingerprint density at radius 3 is 1.28 bits per heavy atom. The van der Waals surface area contributed by atoms with Crippen molar-refractivity contribution in [1.82, 2.24) is 0 Å². The number of nitrogens with zero attached hydrogens (tertiary/aromatic N) is 5. The molecule has 1 saturated carbocycles. The third-order valence-electron chi connectivity index (χ3n) is 16.8. The number of hydrogen-bond donors (Lipinski definition) is 0. The maximum Gasteiger partial charge on any atom is 0.215 e. The van der Waals surface area contributed by atoms with E-state index in [1.165, 1.54) is 60.6 Å². The predicted molar refractivity (Wildman–Crippen MR) is 367 cm³/mol. The quantitative estimate of drug-likeness (QED) is 0.148. The van der Waals surface area contributed by atoms with Gasteiger partial charge in [-0.3, -0.25) is 0 Å². The summed E-state index contributed by atoms with van der Waals surface area (Å²) in [5, 5.41) is 0. The van der Waals surface area contributed by atoms with Crippen LogP contribution in [0.15, 0.2) is 164 Å². The SMILES string of the molecule is [2H]C([2H])([2H])c1c(C)c(C)c(-c2ccccc2C)[n+](C)c1C([2H])([2H])[2H].[2H]C([2H])([2H])c1c(C)cc(-c2ccccc2C)[n+](C)c1C([2H])([2H])[2H].[2H]C([2H])([2H])c1cc(C)cc(-c2ccccc2C)[n+]1C.[2H]C([2H])([2H])c1ccc(-c2ccccc2C)[n+](C)c1C([2H])([2H])[2H].[2H]C1(c2c[n+](C)c(-c3ccccc3C)cc2C)CCCC1. The lowest BCUT2D eigenvalue weighted by atomic mass is 9.93. The molecule has 0 bridgehead atoms. The normalized spacial score (nSPS) is 16.9. The van der Waals surface area contributed by atoms with Crippen LogP contribution < -0.4 is 22.8 Å². The highest BCUT2D eigenvalue weighted by molar-refractivity contribution is 5.67. The lowest BCUT2D eigenvalue weighted by molar-refractivity contribution is -0.667. The Labute approximate surface area is 556 Å². The summed E-state index contributed by atoms with van der Waals surface area (Å²) in [5.74, 6) is -0.369. The minimum atomic E-state index is -2.52. The Bertz CT molecular complexity index is 4950. The van der Waals surface area contributed by atoms with Crippen molar-refractivity contribution in [2.24, 2.45) is 35.2 Å². The summed E-state index contributed by atoms with van der Waals surface area (Å²) in [5.41, 5.74) is 19.6. The third kappa shape index (κ3) is 15.3. The fraction of sp³-hybridized carbons (Fsp3) is 0.329. The highest BCUT2D eigenvalue weighted by Crippen LogP contribution is 2.36. The minimum Gasteiger partial charge on any atom is -0.201 e. The molecule has 1 aliphatic rings. The van der Waals surface area contributed by atoms with Gasteiger partial charge in [0.25, 0.3) is 0 Å². The first-order valence-electron chi connectivity index (χ1n) is 40.6. The average molecular weight is 1180 g/mol. The van der Waals surface area contributed by atoms with E-state index in [1.807, 2.05) is 152 Å². The molecular formula is C82H102N5+5. The highest BCUT2D eigenvalue weighted by Gasteiger charge is 2.25. The first-order valence-corrected chi connectivity index (χ1v) is 29.6. The summed E-state index contributed by atoms with van der Waals surface area (Å²) in [6.07, 6.45) is 6.56. The Morgan fingerprint density at radius 2 is 0.793 bits per heavy atom. The molecule has 0 unspecified atom stereocenters. The first-order chi connectivity index (χ1) is 50.2. The molecule has 5 heterocycles. The van der Waals surface area contributed by atoms with Gasteiger partial charge in [-0.25, -0.2) is 4.57 Å². The molecule has 11 rings (SSSR count). The van der Waals surface area contributed by atoms with Crippen molar-refractivity contribution >= 4 is 0 Å². The molecule has 5 heteroatoms. The topological polar surface area (TPSA) is 19.4 Å². The molecule has 0 spiro atoms. The van der Waals surface area contributed by atoms with Gasteiger partial charge in [0.15, 0.2) is 29.0 Å². The van der Waals surface area contributed by atoms with E-state index >= 15 is 0 Å². The second-order valence-corrected chi connectivity index (χ2v) is 23.0. The number of aryl methyl sites for hydroxylation is 11. The number of rotatable bonds is 6. The fourth-order valence-corrected chi connectivity index (χ4v) is 11.3. The van der Waals surface area contributed by atoms with Gasteiger partial charge in [0.05, 0.1) is 0 Å². The van der Waals surface area contributed by atoms with Crippen molar-refractivity contribution in [3.05, 3.63) is 265 Å². The summed E-state index contributed by atoms with van der Waals surface area (Å²) in [7, 11) is 8.74. The summed E-state index contributed by atoms with van der Waals surface area (Å²) >= 11 is 0. The smallest absolute Gasteiger partial charge is 0.201 e. The van der Waals surface area contributed by atoms with Crippen molar-refractivity contribution in [3.63, 3.8) is 0 Å². The van der Waals surface area contributed by atoms with Crippen LogP contribution in [0.1, 0.15) is 162 Å². The largest absolute Gasteiger partial charge is 0.215 e. The summed E-state index contributed by atoms with van der Waals surface area (Å²) in [6, 6.07) is 50.3. The Morgan fingerprint density at radius 1 is 0.345 bits per heavy atom. The molecule has 0 N–H and O–H groups in total. The van der Waals surface area contributed by atoms with Crippen LogP contribution in [0.3, 0.4) is 0 Å². The van der Waals surface area contributed by atoms with E-state index < -0.39 is 48.0 Å². The first kappa shape index (κ1) is 41.9. The molecule has 5 aromatic heterocycles. The lowest BCUT2D eigenvalue weighted by Gasteiger charge is -2.13. The molecule has 87 heavy (non-hydrogen) atoms. The predicted octanol–water partition coefficient (Wildman–Crippen LogP) is 17.8. The van der Waals surface area contributed by atoms with Crippen LogP contribution in [0.5, 0.6) is 0 Å². The lowest BCUT2D eigenvalue weighted by Crippen LogP contribution is -2.37. The summed E-state index contributed by atoms with van der Waals surface area (Å²) < 4.78 is 180. The van der Waals surface area contributed by atoms with Gasteiger partial charge in [0.1, 0.15) is 35.2 Å². The zero-order valence-corrected chi connectivity index (χ0v) is 53.7. The standard InChI is InChI=1S/C19H24N.C17H22N.C16H20N.2C15H18N/c1-14-8-4-7-11-17(14)19-12-15(2)18(13-20(19)3)16-9-5-6-10-16;1-11-9-7-8-10-16(11)17-14(4)12(2)13(3)15(5)18(17)6;1-11-8-6-7-9-15(11)16-10-12(2)13(3)14(4)17(16)5;1-11-9-13(3)16(4)15(10-11)14-8-6-5-7-12(14)2;1-11-9-10-15(16(4)13(11)3)14-8-6-5-7-12(14)2/h4,7-8,11-13,16H,5-6,9-10H2,1-3H3;7-10H,1-6H3;6-10H,1-5H3;2*5-10H,1-4H3/q5*+1/i16D;3D3,5D3;3D3,4D3;3D3;1D3,3D3. The van der Waals surface area contributed by atoms with E-state index in [-0.39, 0.29) is 39.7 Å². The van der Waals surface area contributed by atoms with Crippen LogP contribution in [0.2, 0.25) is 0 Å². The van der Waals surface area contributed by atoms with Gasteiger partial charge in [-0.05, 0) is 195 Å². The molecule has 0 amide bonds. The van der Waals surface area contributed by atoms with Gasteiger partial charge in [0.2, 0.25) is 28.5 Å². The molecule has 0 radical (unpaired) electrons. The molecule has 10 aromatic rings. The fourth-order valence-electron chi connectivity index (χ4n) is 11.3. The van der Waals surface area contributed by atoms with E-state index in [0.29, 0.717) is 28.2 Å². The van der Waals surface area contributed by atoms with E-state index in [2.05, 4.69) is 62.0 Å². The van der Waals surface area contributed by atoms with Gasteiger partial charge in [0, 0.05) is 144 Å². The second kappa shape index (κ2) is 29.5.